The highest BCUT2D eigenvalue weighted by molar-refractivity contribution is 5.82. The van der Waals surface area contributed by atoms with Gasteiger partial charge in [-0.3, -0.25) is 4.79 Å². The van der Waals surface area contributed by atoms with Crippen LogP contribution in [0, 0.1) is 0 Å². The summed E-state index contributed by atoms with van der Waals surface area (Å²) in [6.45, 7) is 4.67. The minimum Gasteiger partial charge on any atom is -0.491 e. The summed E-state index contributed by atoms with van der Waals surface area (Å²) < 4.78 is 16.1. The summed E-state index contributed by atoms with van der Waals surface area (Å²) in [5, 5.41) is 6.11. The van der Waals surface area contributed by atoms with Crippen molar-refractivity contribution >= 4 is 5.91 Å². The van der Waals surface area contributed by atoms with Crippen LogP contribution in [0.4, 0.5) is 0 Å². The average molecular weight is 308 g/mol. The van der Waals surface area contributed by atoms with Crippen LogP contribution < -0.4 is 15.4 Å². The first-order valence-electron chi connectivity index (χ1n) is 7.54. The Bertz CT molecular complexity index is 481. The Morgan fingerprint density at radius 2 is 2.23 bits per heavy atom. The molecule has 0 aromatic heterocycles. The Kier molecular flexibility index (Phi) is 6.64. The van der Waals surface area contributed by atoms with Crippen molar-refractivity contribution in [1.82, 2.24) is 10.6 Å². The number of ether oxygens (including phenoxy) is 3. The second-order valence-corrected chi connectivity index (χ2v) is 5.17. The highest BCUT2D eigenvalue weighted by Gasteiger charge is 2.28. The molecule has 1 fully saturated rings. The summed E-state index contributed by atoms with van der Waals surface area (Å²) in [6, 6.07) is 7.36. The van der Waals surface area contributed by atoms with Crippen LogP contribution in [0.15, 0.2) is 24.3 Å². The predicted octanol–water partition coefficient (Wildman–Crippen LogP) is 0.705. The van der Waals surface area contributed by atoms with Crippen LogP contribution in [0.25, 0.3) is 0 Å². The number of para-hydroxylation sites is 1. The Balaban J connectivity index is 1.89. The zero-order valence-corrected chi connectivity index (χ0v) is 13.1. The largest absolute Gasteiger partial charge is 0.491 e. The average Bonchev–Trinajstić information content (AvgIpc) is 2.54. The second-order valence-electron chi connectivity index (χ2n) is 5.17. The van der Waals surface area contributed by atoms with Crippen LogP contribution in [0.1, 0.15) is 12.5 Å². The molecule has 1 amide bonds. The molecule has 0 spiro atoms. The molecule has 22 heavy (non-hydrogen) atoms. The van der Waals surface area contributed by atoms with Crippen molar-refractivity contribution in [2.75, 3.05) is 33.5 Å². The number of morpholine rings is 1. The maximum Gasteiger partial charge on any atom is 0.240 e. The van der Waals surface area contributed by atoms with E-state index >= 15 is 0 Å². The maximum atomic E-state index is 12.2. The van der Waals surface area contributed by atoms with Crippen molar-refractivity contribution in [2.24, 2.45) is 0 Å². The van der Waals surface area contributed by atoms with Crippen molar-refractivity contribution in [3.05, 3.63) is 29.8 Å². The molecule has 1 saturated heterocycles. The van der Waals surface area contributed by atoms with Crippen LogP contribution in [-0.4, -0.2) is 51.5 Å². The molecule has 1 aliphatic rings. The van der Waals surface area contributed by atoms with Gasteiger partial charge in [0.05, 0.1) is 19.3 Å². The van der Waals surface area contributed by atoms with Gasteiger partial charge in [0.25, 0.3) is 0 Å². The second kappa shape index (κ2) is 8.73. The van der Waals surface area contributed by atoms with E-state index in [9.17, 15) is 4.79 Å². The van der Waals surface area contributed by atoms with E-state index in [-0.39, 0.29) is 18.1 Å². The summed E-state index contributed by atoms with van der Waals surface area (Å²) in [5.74, 6) is 0.708. The zero-order chi connectivity index (χ0) is 15.8. The van der Waals surface area contributed by atoms with Crippen molar-refractivity contribution in [3.63, 3.8) is 0 Å². The molecule has 6 nitrogen and oxygen atoms in total. The summed E-state index contributed by atoms with van der Waals surface area (Å²) >= 11 is 0. The number of methoxy groups -OCH3 is 1. The number of nitrogens with one attached hydrogen (secondary N) is 2. The van der Waals surface area contributed by atoms with Crippen LogP contribution >= 0.6 is 0 Å². The Labute approximate surface area is 131 Å². The van der Waals surface area contributed by atoms with Crippen molar-refractivity contribution < 1.29 is 19.0 Å². The maximum absolute atomic E-state index is 12.2. The summed E-state index contributed by atoms with van der Waals surface area (Å²) in [5.41, 5.74) is 0.941. The molecule has 1 aliphatic heterocycles. The van der Waals surface area contributed by atoms with E-state index in [1.54, 1.807) is 7.11 Å². The SMILES string of the molecule is COCCOc1ccccc1CNC(=O)[C@H]1NCCO[C@@H]1C. The van der Waals surface area contributed by atoms with E-state index in [4.69, 9.17) is 14.2 Å². The standard InChI is InChI=1S/C16H24N2O4/c1-12-15(17-7-8-21-12)16(19)18-11-13-5-3-4-6-14(13)22-10-9-20-2/h3-6,12,15,17H,7-11H2,1-2H3,(H,18,19)/t12-,15+/m1/s1. The molecule has 0 saturated carbocycles. The van der Waals surface area contributed by atoms with Gasteiger partial charge in [0.1, 0.15) is 18.4 Å². The number of hydrogen-bond donors (Lipinski definition) is 2. The molecule has 0 bridgehead atoms. The van der Waals surface area contributed by atoms with E-state index < -0.39 is 0 Å². The number of hydrogen-bond acceptors (Lipinski definition) is 5. The van der Waals surface area contributed by atoms with Crippen molar-refractivity contribution in [2.45, 2.75) is 25.6 Å². The number of amides is 1. The van der Waals surface area contributed by atoms with Crippen molar-refractivity contribution in [3.8, 4) is 5.75 Å². The molecule has 2 N–H and O–H groups in total. The van der Waals surface area contributed by atoms with Gasteiger partial charge in [-0.15, -0.1) is 0 Å². The topological polar surface area (TPSA) is 68.8 Å². The van der Waals surface area contributed by atoms with Gasteiger partial charge in [-0.25, -0.2) is 0 Å². The van der Waals surface area contributed by atoms with Crippen molar-refractivity contribution in [1.29, 1.82) is 0 Å². The molecule has 2 rings (SSSR count). The third kappa shape index (κ3) is 4.69. The number of benzene rings is 1. The lowest BCUT2D eigenvalue weighted by Gasteiger charge is -2.29. The summed E-state index contributed by atoms with van der Waals surface area (Å²) in [7, 11) is 1.63. The van der Waals surface area contributed by atoms with Crippen LogP contribution in [0.5, 0.6) is 5.75 Å². The van der Waals surface area contributed by atoms with Gasteiger partial charge in [-0.05, 0) is 13.0 Å². The molecular weight excluding hydrogens is 284 g/mol. The molecule has 0 unspecified atom stereocenters. The Hall–Kier alpha value is -1.63. The lowest BCUT2D eigenvalue weighted by Crippen LogP contribution is -2.55. The van der Waals surface area contributed by atoms with E-state index in [2.05, 4.69) is 10.6 Å². The Morgan fingerprint density at radius 3 is 3.00 bits per heavy atom. The number of rotatable bonds is 7. The summed E-state index contributed by atoms with van der Waals surface area (Å²) in [4.78, 5) is 12.2. The highest BCUT2D eigenvalue weighted by atomic mass is 16.5. The first-order valence-corrected chi connectivity index (χ1v) is 7.54. The fourth-order valence-electron chi connectivity index (χ4n) is 2.35. The first kappa shape index (κ1) is 16.7. The normalized spacial score (nSPS) is 21.4. The third-order valence-electron chi connectivity index (χ3n) is 3.57. The molecule has 0 radical (unpaired) electrons. The van der Waals surface area contributed by atoms with Gasteiger partial charge >= 0.3 is 0 Å². The molecule has 1 heterocycles. The monoisotopic (exact) mass is 308 g/mol. The molecule has 0 aliphatic carbocycles. The molecule has 1 aromatic rings. The number of carbonyl (C=O) groups excluding carboxylic acids is 1. The molecular formula is C16H24N2O4. The first-order chi connectivity index (χ1) is 10.7. The lowest BCUT2D eigenvalue weighted by molar-refractivity contribution is -0.129. The Morgan fingerprint density at radius 1 is 1.41 bits per heavy atom. The highest BCUT2D eigenvalue weighted by Crippen LogP contribution is 2.17. The molecule has 122 valence electrons. The predicted molar refractivity (Wildman–Crippen MR) is 82.9 cm³/mol. The van der Waals surface area contributed by atoms with Crippen LogP contribution in [0.3, 0.4) is 0 Å². The van der Waals surface area contributed by atoms with Gasteiger partial charge in [0.2, 0.25) is 5.91 Å². The van der Waals surface area contributed by atoms with Gasteiger partial charge < -0.3 is 24.8 Å². The minimum absolute atomic E-state index is 0.0566. The van der Waals surface area contributed by atoms with E-state index in [1.807, 2.05) is 31.2 Å². The minimum atomic E-state index is -0.310. The quantitative estimate of drug-likeness (QED) is 0.726. The van der Waals surface area contributed by atoms with Crippen LogP contribution in [0.2, 0.25) is 0 Å². The molecule has 6 heteroatoms. The van der Waals surface area contributed by atoms with E-state index in [0.29, 0.717) is 32.9 Å². The van der Waals surface area contributed by atoms with Gasteiger partial charge in [-0.2, -0.15) is 0 Å². The number of carbonyl (C=O) groups is 1. The van der Waals surface area contributed by atoms with Crippen LogP contribution in [-0.2, 0) is 20.8 Å². The smallest absolute Gasteiger partial charge is 0.240 e. The molecule has 2 atom stereocenters. The lowest BCUT2D eigenvalue weighted by atomic mass is 10.1. The van der Waals surface area contributed by atoms with Gasteiger partial charge in [-0.1, -0.05) is 18.2 Å². The fourth-order valence-corrected chi connectivity index (χ4v) is 2.35. The van der Waals surface area contributed by atoms with Gasteiger partial charge in [0.15, 0.2) is 0 Å². The van der Waals surface area contributed by atoms with E-state index in [0.717, 1.165) is 11.3 Å². The summed E-state index contributed by atoms with van der Waals surface area (Å²) in [6.07, 6.45) is -0.123. The fraction of sp³-hybridized carbons (Fsp3) is 0.562. The zero-order valence-electron chi connectivity index (χ0n) is 13.1. The van der Waals surface area contributed by atoms with E-state index in [1.165, 1.54) is 0 Å². The van der Waals surface area contributed by atoms with Gasteiger partial charge in [0, 0.05) is 25.8 Å². The third-order valence-corrected chi connectivity index (χ3v) is 3.57. The molecule has 1 aromatic carbocycles.